The highest BCUT2D eigenvalue weighted by molar-refractivity contribution is 7.80. The number of para-hydroxylation sites is 1. The molecule has 0 aliphatic carbocycles. The van der Waals surface area contributed by atoms with Crippen LogP contribution in [0, 0.1) is 6.92 Å². The molecule has 4 heteroatoms. The van der Waals surface area contributed by atoms with Crippen molar-refractivity contribution in [2.75, 3.05) is 12.4 Å². The first-order valence-corrected chi connectivity index (χ1v) is 6.76. The molecule has 0 aliphatic heterocycles. The molecule has 0 amide bonds. The monoisotopic (exact) mass is 283 g/mol. The van der Waals surface area contributed by atoms with Gasteiger partial charge in [0.15, 0.2) is 5.11 Å². The van der Waals surface area contributed by atoms with Crippen LogP contribution in [-0.4, -0.2) is 23.4 Å². The minimum absolute atomic E-state index is 0.555. The SMILES string of the molecule is Cc1ccc(/C=N/N(C)C(=S)Nc2ccccc2)cc1. The Bertz CT molecular complexity index is 591. The van der Waals surface area contributed by atoms with E-state index in [1.165, 1.54) is 5.56 Å². The van der Waals surface area contributed by atoms with Crippen LogP contribution in [0.25, 0.3) is 0 Å². The second-order valence-electron chi connectivity index (χ2n) is 4.48. The van der Waals surface area contributed by atoms with Gasteiger partial charge in [0.05, 0.1) is 6.21 Å². The first kappa shape index (κ1) is 14.2. The number of nitrogens with one attached hydrogen (secondary N) is 1. The van der Waals surface area contributed by atoms with E-state index in [4.69, 9.17) is 12.2 Å². The topological polar surface area (TPSA) is 27.6 Å². The second-order valence-corrected chi connectivity index (χ2v) is 4.86. The summed E-state index contributed by atoms with van der Waals surface area (Å²) in [6, 6.07) is 18.0. The lowest BCUT2D eigenvalue weighted by atomic mass is 10.2. The molecule has 20 heavy (non-hydrogen) atoms. The van der Waals surface area contributed by atoms with Crippen LogP contribution in [0.15, 0.2) is 59.7 Å². The van der Waals surface area contributed by atoms with Gasteiger partial charge in [0.1, 0.15) is 0 Å². The van der Waals surface area contributed by atoms with Crippen molar-refractivity contribution in [1.29, 1.82) is 0 Å². The van der Waals surface area contributed by atoms with Crippen LogP contribution < -0.4 is 5.32 Å². The molecule has 0 spiro atoms. The lowest BCUT2D eigenvalue weighted by Crippen LogP contribution is -2.26. The van der Waals surface area contributed by atoms with Gasteiger partial charge in [-0.1, -0.05) is 48.0 Å². The van der Waals surface area contributed by atoms with Gasteiger partial charge in [-0.3, -0.25) is 0 Å². The Labute approximate surface area is 124 Å². The summed E-state index contributed by atoms with van der Waals surface area (Å²) in [6.07, 6.45) is 1.79. The van der Waals surface area contributed by atoms with E-state index in [9.17, 15) is 0 Å². The Hall–Kier alpha value is -2.20. The van der Waals surface area contributed by atoms with E-state index in [0.717, 1.165) is 11.3 Å². The Morgan fingerprint density at radius 1 is 1.10 bits per heavy atom. The van der Waals surface area contributed by atoms with Gasteiger partial charge in [-0.05, 0) is 36.8 Å². The predicted octanol–water partition coefficient (Wildman–Crippen LogP) is 3.66. The first-order chi connectivity index (χ1) is 9.65. The van der Waals surface area contributed by atoms with Gasteiger partial charge in [-0.2, -0.15) is 5.10 Å². The van der Waals surface area contributed by atoms with Gasteiger partial charge >= 0.3 is 0 Å². The quantitative estimate of drug-likeness (QED) is 0.529. The van der Waals surface area contributed by atoms with Crippen molar-refractivity contribution in [3.8, 4) is 0 Å². The third kappa shape index (κ3) is 4.17. The molecule has 2 aromatic rings. The third-order valence-electron chi connectivity index (χ3n) is 2.78. The molecular formula is C16H17N3S. The number of aryl methyl sites for hydroxylation is 1. The maximum atomic E-state index is 5.30. The molecule has 102 valence electrons. The summed E-state index contributed by atoms with van der Waals surface area (Å²) in [6.45, 7) is 2.06. The second kappa shape index (κ2) is 6.82. The highest BCUT2D eigenvalue weighted by Crippen LogP contribution is 2.06. The molecule has 0 saturated carbocycles. The maximum Gasteiger partial charge on any atom is 0.193 e. The lowest BCUT2D eigenvalue weighted by molar-refractivity contribution is 0.557. The molecule has 3 nitrogen and oxygen atoms in total. The molecule has 0 aliphatic rings. The fourth-order valence-corrected chi connectivity index (χ4v) is 1.75. The number of nitrogens with zero attached hydrogens (tertiary/aromatic N) is 2. The Morgan fingerprint density at radius 2 is 1.75 bits per heavy atom. The fraction of sp³-hybridized carbons (Fsp3) is 0.125. The zero-order valence-corrected chi connectivity index (χ0v) is 12.4. The van der Waals surface area contributed by atoms with Crippen LogP contribution in [0.4, 0.5) is 5.69 Å². The number of hydrazone groups is 1. The minimum Gasteiger partial charge on any atom is -0.331 e. The van der Waals surface area contributed by atoms with Crippen LogP contribution in [-0.2, 0) is 0 Å². The van der Waals surface area contributed by atoms with Crippen LogP contribution in [0.2, 0.25) is 0 Å². The van der Waals surface area contributed by atoms with Crippen molar-refractivity contribution in [2.24, 2.45) is 5.10 Å². The average Bonchev–Trinajstić information content (AvgIpc) is 2.47. The zero-order valence-electron chi connectivity index (χ0n) is 11.6. The van der Waals surface area contributed by atoms with Crippen molar-refractivity contribution in [3.05, 3.63) is 65.7 Å². The summed E-state index contributed by atoms with van der Waals surface area (Å²) < 4.78 is 0. The van der Waals surface area contributed by atoms with Crippen LogP contribution >= 0.6 is 12.2 Å². The number of anilines is 1. The number of benzene rings is 2. The lowest BCUT2D eigenvalue weighted by Gasteiger charge is -2.15. The van der Waals surface area contributed by atoms with Crippen LogP contribution in [0.3, 0.4) is 0 Å². The summed E-state index contributed by atoms with van der Waals surface area (Å²) in [4.78, 5) is 0. The Morgan fingerprint density at radius 3 is 2.40 bits per heavy atom. The molecule has 2 rings (SSSR count). The Kier molecular flexibility index (Phi) is 4.85. The van der Waals surface area contributed by atoms with Crippen molar-refractivity contribution in [1.82, 2.24) is 5.01 Å². The summed E-state index contributed by atoms with van der Waals surface area (Å²) in [5, 5.41) is 9.65. The highest BCUT2D eigenvalue weighted by Gasteiger charge is 2.01. The van der Waals surface area contributed by atoms with E-state index in [1.54, 1.807) is 11.2 Å². The fourth-order valence-electron chi connectivity index (χ4n) is 1.58. The van der Waals surface area contributed by atoms with Gasteiger partial charge in [0.25, 0.3) is 0 Å². The van der Waals surface area contributed by atoms with Crippen LogP contribution in [0.5, 0.6) is 0 Å². The van der Waals surface area contributed by atoms with Crippen LogP contribution in [0.1, 0.15) is 11.1 Å². The molecule has 0 aromatic heterocycles. The number of thiocarbonyl (C=S) groups is 1. The number of hydrogen-bond donors (Lipinski definition) is 1. The molecule has 0 unspecified atom stereocenters. The molecule has 1 N–H and O–H groups in total. The van der Waals surface area contributed by atoms with Crippen molar-refractivity contribution >= 4 is 29.2 Å². The zero-order chi connectivity index (χ0) is 14.4. The summed E-state index contributed by atoms with van der Waals surface area (Å²) in [5.41, 5.74) is 3.23. The van der Waals surface area contributed by atoms with E-state index in [2.05, 4.69) is 29.5 Å². The van der Waals surface area contributed by atoms with E-state index < -0.39 is 0 Å². The normalized spacial score (nSPS) is 10.5. The third-order valence-corrected chi connectivity index (χ3v) is 3.14. The maximum absolute atomic E-state index is 5.30. The largest absolute Gasteiger partial charge is 0.331 e. The number of rotatable bonds is 3. The van der Waals surface area contributed by atoms with Crippen molar-refractivity contribution in [3.63, 3.8) is 0 Å². The predicted molar refractivity (Wildman–Crippen MR) is 89.2 cm³/mol. The molecule has 0 heterocycles. The standard InChI is InChI=1S/C16H17N3S/c1-13-8-10-14(11-9-13)12-17-19(2)16(20)18-15-6-4-3-5-7-15/h3-12H,1-2H3,(H,18,20)/b17-12+. The van der Waals surface area contributed by atoms with E-state index in [0.29, 0.717) is 5.11 Å². The van der Waals surface area contributed by atoms with Gasteiger partial charge in [-0.15, -0.1) is 0 Å². The van der Waals surface area contributed by atoms with Gasteiger partial charge < -0.3 is 5.32 Å². The average molecular weight is 283 g/mol. The van der Waals surface area contributed by atoms with Gasteiger partial charge in [0, 0.05) is 12.7 Å². The summed E-state index contributed by atoms with van der Waals surface area (Å²) >= 11 is 5.30. The smallest absolute Gasteiger partial charge is 0.193 e. The molecule has 0 radical (unpaired) electrons. The summed E-state index contributed by atoms with van der Waals surface area (Å²) in [5.74, 6) is 0. The van der Waals surface area contributed by atoms with Gasteiger partial charge in [-0.25, -0.2) is 5.01 Å². The Balaban J connectivity index is 1.95. The van der Waals surface area contributed by atoms with E-state index >= 15 is 0 Å². The summed E-state index contributed by atoms with van der Waals surface area (Å²) in [7, 11) is 1.82. The molecule has 0 saturated heterocycles. The molecule has 0 fully saturated rings. The van der Waals surface area contributed by atoms with Crippen molar-refractivity contribution in [2.45, 2.75) is 6.92 Å². The molecule has 0 bridgehead atoms. The van der Waals surface area contributed by atoms with Crippen molar-refractivity contribution < 1.29 is 0 Å². The molecule has 0 atom stereocenters. The van der Waals surface area contributed by atoms with Gasteiger partial charge in [0.2, 0.25) is 0 Å². The first-order valence-electron chi connectivity index (χ1n) is 6.35. The molecular weight excluding hydrogens is 266 g/mol. The van der Waals surface area contributed by atoms with E-state index in [1.807, 2.05) is 49.5 Å². The van der Waals surface area contributed by atoms with E-state index in [-0.39, 0.29) is 0 Å². The highest BCUT2D eigenvalue weighted by atomic mass is 32.1. The molecule has 2 aromatic carbocycles. The number of hydrogen-bond acceptors (Lipinski definition) is 2. The minimum atomic E-state index is 0.555.